The number of non-ortho nitro benzene ring substituents is 1. The van der Waals surface area contributed by atoms with Crippen LogP contribution >= 0.6 is 0 Å². The van der Waals surface area contributed by atoms with Crippen molar-refractivity contribution >= 4 is 17.1 Å². The molecule has 0 aromatic heterocycles. The molecule has 2 rings (SSSR count). The van der Waals surface area contributed by atoms with Crippen molar-refractivity contribution in [3.63, 3.8) is 0 Å². The van der Waals surface area contributed by atoms with E-state index in [4.69, 9.17) is 5.84 Å². The summed E-state index contributed by atoms with van der Waals surface area (Å²) < 4.78 is 12.9. The van der Waals surface area contributed by atoms with Crippen LogP contribution in [0.15, 0.2) is 42.5 Å². The molecule has 0 aliphatic heterocycles. The Morgan fingerprint density at radius 2 is 1.81 bits per heavy atom. The van der Waals surface area contributed by atoms with Crippen LogP contribution in [0.25, 0.3) is 0 Å². The maximum atomic E-state index is 12.9. The number of nitrogens with two attached hydrogens (primary N) is 1. The van der Waals surface area contributed by atoms with Gasteiger partial charge in [0.15, 0.2) is 0 Å². The summed E-state index contributed by atoms with van der Waals surface area (Å²) in [7, 11) is 0. The highest BCUT2D eigenvalue weighted by atomic mass is 19.1. The first kappa shape index (κ1) is 14.7. The molecule has 21 heavy (non-hydrogen) atoms. The number of nitro groups is 1. The molecule has 0 amide bonds. The molecule has 0 heterocycles. The molecule has 0 spiro atoms. The van der Waals surface area contributed by atoms with E-state index in [0.717, 1.165) is 5.56 Å². The Morgan fingerprint density at radius 1 is 1.19 bits per heavy atom. The second-order valence-corrected chi connectivity index (χ2v) is 4.59. The van der Waals surface area contributed by atoms with Crippen molar-refractivity contribution in [3.05, 3.63) is 64.0 Å². The summed E-state index contributed by atoms with van der Waals surface area (Å²) in [5.41, 5.74) is 4.16. The zero-order valence-electron chi connectivity index (χ0n) is 11.3. The van der Waals surface area contributed by atoms with E-state index in [1.54, 1.807) is 18.2 Å². The number of hydrogen-bond donors (Lipinski definition) is 3. The van der Waals surface area contributed by atoms with Crippen LogP contribution in [0.3, 0.4) is 0 Å². The van der Waals surface area contributed by atoms with Gasteiger partial charge in [-0.25, -0.2) is 4.39 Å². The Labute approximate surface area is 120 Å². The monoisotopic (exact) mass is 290 g/mol. The molecule has 0 bridgehead atoms. The molecule has 0 aliphatic carbocycles. The topological polar surface area (TPSA) is 93.2 Å². The van der Waals surface area contributed by atoms with Crippen LogP contribution in [-0.4, -0.2) is 4.92 Å². The number of nitrogens with zero attached hydrogens (tertiary/aromatic N) is 1. The van der Waals surface area contributed by atoms with Gasteiger partial charge in [0.2, 0.25) is 0 Å². The molecule has 7 heteroatoms. The first-order valence-corrected chi connectivity index (χ1v) is 6.27. The van der Waals surface area contributed by atoms with Crippen molar-refractivity contribution in [1.82, 2.24) is 0 Å². The van der Waals surface area contributed by atoms with Crippen LogP contribution in [0.1, 0.15) is 18.5 Å². The second kappa shape index (κ2) is 6.19. The molecular weight excluding hydrogens is 275 g/mol. The van der Waals surface area contributed by atoms with Gasteiger partial charge < -0.3 is 10.7 Å². The minimum atomic E-state index is -0.491. The average molecular weight is 290 g/mol. The smallest absolute Gasteiger partial charge is 0.273 e. The van der Waals surface area contributed by atoms with Crippen LogP contribution in [0.5, 0.6) is 0 Å². The number of benzene rings is 2. The minimum absolute atomic E-state index is 0.0701. The first-order valence-electron chi connectivity index (χ1n) is 6.27. The van der Waals surface area contributed by atoms with Crippen molar-refractivity contribution in [2.45, 2.75) is 13.0 Å². The Balaban J connectivity index is 2.23. The molecule has 0 radical (unpaired) electrons. The van der Waals surface area contributed by atoms with E-state index < -0.39 is 4.92 Å². The predicted molar refractivity (Wildman–Crippen MR) is 79.3 cm³/mol. The van der Waals surface area contributed by atoms with E-state index in [9.17, 15) is 14.5 Å². The summed E-state index contributed by atoms with van der Waals surface area (Å²) in [5, 5.41) is 14.0. The van der Waals surface area contributed by atoms with Crippen LogP contribution in [0.4, 0.5) is 21.5 Å². The lowest BCUT2D eigenvalue weighted by molar-refractivity contribution is -0.384. The van der Waals surface area contributed by atoms with Crippen LogP contribution < -0.4 is 16.6 Å². The molecule has 110 valence electrons. The fraction of sp³-hybridized carbons (Fsp3) is 0.143. The fourth-order valence-electron chi connectivity index (χ4n) is 1.97. The highest BCUT2D eigenvalue weighted by Crippen LogP contribution is 2.27. The number of nitro benzene ring substituents is 1. The molecular formula is C14H15FN4O2. The summed E-state index contributed by atoms with van der Waals surface area (Å²) in [4.78, 5) is 10.4. The number of nitrogen functional groups attached to an aromatic ring is 1. The molecule has 1 atom stereocenters. The molecule has 6 nitrogen and oxygen atoms in total. The Hall–Kier alpha value is -2.67. The standard InChI is InChI=1S/C14H15FN4O2/c1-9(10-2-4-11(15)5-3-10)17-12-6-13(18-16)8-14(7-12)19(20)21/h2-9,17-18H,16H2,1H3. The summed E-state index contributed by atoms with van der Waals surface area (Å²) in [6.45, 7) is 1.88. The zero-order valence-corrected chi connectivity index (χ0v) is 11.3. The van der Waals surface area contributed by atoms with Gasteiger partial charge in [-0.1, -0.05) is 12.1 Å². The van der Waals surface area contributed by atoms with Gasteiger partial charge in [0.25, 0.3) is 5.69 Å². The molecule has 1 unspecified atom stereocenters. The Bertz CT molecular complexity index is 646. The quantitative estimate of drug-likeness (QED) is 0.446. The lowest BCUT2D eigenvalue weighted by atomic mass is 10.1. The van der Waals surface area contributed by atoms with Gasteiger partial charge in [-0.15, -0.1) is 0 Å². The number of rotatable bonds is 5. The fourth-order valence-corrected chi connectivity index (χ4v) is 1.97. The van der Waals surface area contributed by atoms with Gasteiger partial charge in [0.05, 0.1) is 10.6 Å². The van der Waals surface area contributed by atoms with E-state index in [1.165, 1.54) is 24.3 Å². The lowest BCUT2D eigenvalue weighted by Gasteiger charge is -2.16. The number of nitrogens with one attached hydrogen (secondary N) is 2. The van der Waals surface area contributed by atoms with Crippen molar-refractivity contribution in [1.29, 1.82) is 0 Å². The van der Waals surface area contributed by atoms with Crippen LogP contribution in [0, 0.1) is 15.9 Å². The highest BCUT2D eigenvalue weighted by Gasteiger charge is 2.12. The van der Waals surface area contributed by atoms with Crippen LogP contribution in [-0.2, 0) is 0 Å². The van der Waals surface area contributed by atoms with E-state index >= 15 is 0 Å². The van der Waals surface area contributed by atoms with Gasteiger partial charge in [-0.3, -0.25) is 16.0 Å². The van der Waals surface area contributed by atoms with Gasteiger partial charge in [0.1, 0.15) is 5.82 Å². The third-order valence-electron chi connectivity index (χ3n) is 3.05. The predicted octanol–water partition coefficient (Wildman–Crippen LogP) is 3.19. The third-order valence-corrected chi connectivity index (χ3v) is 3.05. The van der Waals surface area contributed by atoms with E-state index in [2.05, 4.69) is 10.7 Å². The van der Waals surface area contributed by atoms with Gasteiger partial charge >= 0.3 is 0 Å². The largest absolute Gasteiger partial charge is 0.378 e. The number of halogens is 1. The maximum Gasteiger partial charge on any atom is 0.273 e. The Kier molecular flexibility index (Phi) is 4.34. The molecule has 2 aromatic carbocycles. The number of hydrazine groups is 1. The molecule has 4 N–H and O–H groups in total. The van der Waals surface area contributed by atoms with Crippen molar-refractivity contribution in [2.75, 3.05) is 10.7 Å². The second-order valence-electron chi connectivity index (χ2n) is 4.59. The highest BCUT2D eigenvalue weighted by molar-refractivity contribution is 5.63. The third kappa shape index (κ3) is 3.67. The zero-order chi connectivity index (χ0) is 15.4. The van der Waals surface area contributed by atoms with Crippen molar-refractivity contribution < 1.29 is 9.31 Å². The van der Waals surface area contributed by atoms with Crippen molar-refractivity contribution in [2.24, 2.45) is 5.84 Å². The summed E-state index contributed by atoms with van der Waals surface area (Å²) in [5.74, 6) is 4.99. The molecule has 0 saturated carbocycles. The summed E-state index contributed by atoms with van der Waals surface area (Å²) in [6, 6.07) is 10.3. The molecule has 0 saturated heterocycles. The average Bonchev–Trinajstić information content (AvgIpc) is 2.47. The molecule has 2 aromatic rings. The lowest BCUT2D eigenvalue weighted by Crippen LogP contribution is -2.10. The summed E-state index contributed by atoms with van der Waals surface area (Å²) >= 11 is 0. The van der Waals surface area contributed by atoms with E-state index in [0.29, 0.717) is 11.4 Å². The molecule has 0 aliphatic rings. The number of anilines is 2. The van der Waals surface area contributed by atoms with Gasteiger partial charge in [0, 0.05) is 23.9 Å². The Morgan fingerprint density at radius 3 is 2.38 bits per heavy atom. The van der Waals surface area contributed by atoms with Gasteiger partial charge in [-0.2, -0.15) is 0 Å². The SMILES string of the molecule is CC(Nc1cc(NN)cc([N+](=O)[O-])c1)c1ccc(F)cc1. The first-order chi connectivity index (χ1) is 9.99. The molecule has 0 fully saturated rings. The van der Waals surface area contributed by atoms with E-state index in [1.807, 2.05) is 6.92 Å². The van der Waals surface area contributed by atoms with Gasteiger partial charge in [-0.05, 0) is 30.7 Å². The summed E-state index contributed by atoms with van der Waals surface area (Å²) in [6.07, 6.45) is 0. The van der Waals surface area contributed by atoms with E-state index in [-0.39, 0.29) is 17.5 Å². The van der Waals surface area contributed by atoms with Crippen LogP contribution in [0.2, 0.25) is 0 Å². The normalized spacial score (nSPS) is 11.8. The minimum Gasteiger partial charge on any atom is -0.378 e. The van der Waals surface area contributed by atoms with Crippen molar-refractivity contribution in [3.8, 4) is 0 Å². The maximum absolute atomic E-state index is 12.9. The number of hydrogen-bond acceptors (Lipinski definition) is 5.